The number of carbonyl (C=O) groups is 1. The average Bonchev–Trinajstić information content (AvgIpc) is 2.63. The molecule has 0 bridgehead atoms. The van der Waals surface area contributed by atoms with Gasteiger partial charge >= 0.3 is 5.97 Å². The zero-order chi connectivity index (χ0) is 15.8. The second kappa shape index (κ2) is 5.98. The lowest BCUT2D eigenvalue weighted by Gasteiger charge is -2.33. The first-order valence-electron chi connectivity index (χ1n) is 6.56. The number of nitrogens with zero attached hydrogens (tertiary/aromatic N) is 3. The highest BCUT2D eigenvalue weighted by Gasteiger charge is 2.37. The van der Waals surface area contributed by atoms with Gasteiger partial charge in [0.25, 0.3) is 0 Å². The molecule has 1 aliphatic rings. The molecule has 0 aliphatic carbocycles. The summed E-state index contributed by atoms with van der Waals surface area (Å²) in [7, 11) is -2.03. The van der Waals surface area contributed by atoms with Gasteiger partial charge in [0.2, 0.25) is 10.0 Å². The van der Waals surface area contributed by atoms with Gasteiger partial charge in [0, 0.05) is 31.1 Å². The third-order valence-corrected chi connectivity index (χ3v) is 6.89. The number of rotatable bonds is 4. The molecular weight excluding hydrogens is 314 g/mol. The van der Waals surface area contributed by atoms with Gasteiger partial charge in [0.1, 0.15) is 4.90 Å². The molecule has 2 rings (SSSR count). The molecule has 1 unspecified atom stereocenters. The van der Waals surface area contributed by atoms with Crippen LogP contribution >= 0.6 is 11.8 Å². The Bertz CT molecular complexity index is 654. The van der Waals surface area contributed by atoms with Crippen LogP contribution in [0, 0.1) is 13.8 Å². The van der Waals surface area contributed by atoms with Crippen LogP contribution in [0.25, 0.3) is 0 Å². The lowest BCUT2D eigenvalue weighted by Crippen LogP contribution is -2.47. The molecule has 1 aromatic rings. The Labute approximate surface area is 128 Å². The summed E-state index contributed by atoms with van der Waals surface area (Å²) in [5.74, 6) is 0.194. The van der Waals surface area contributed by atoms with Gasteiger partial charge in [-0.25, -0.2) is 8.42 Å². The molecule has 0 aromatic carbocycles. The maximum absolute atomic E-state index is 12.9. The SMILES string of the molecule is Cc1nn(C)c(C)c1S(=O)(=O)N1CCSCC1CC(=O)O. The standard InChI is InChI=1S/C12H19N3O4S2/c1-8-12(9(2)14(3)13-8)21(18,19)15-4-5-20-7-10(15)6-11(16)17/h10H,4-7H2,1-3H3,(H,16,17). The van der Waals surface area contributed by atoms with E-state index in [-0.39, 0.29) is 11.3 Å². The fraction of sp³-hybridized carbons (Fsp3) is 0.667. The maximum Gasteiger partial charge on any atom is 0.305 e. The topological polar surface area (TPSA) is 92.5 Å². The summed E-state index contributed by atoms with van der Waals surface area (Å²) in [5.41, 5.74) is 1.02. The predicted molar refractivity (Wildman–Crippen MR) is 79.9 cm³/mol. The van der Waals surface area contributed by atoms with Crippen LogP contribution in [0.15, 0.2) is 4.90 Å². The summed E-state index contributed by atoms with van der Waals surface area (Å²) in [6.45, 7) is 3.70. The highest BCUT2D eigenvalue weighted by Crippen LogP contribution is 2.29. The highest BCUT2D eigenvalue weighted by molar-refractivity contribution is 7.99. The van der Waals surface area contributed by atoms with Crippen molar-refractivity contribution in [2.24, 2.45) is 7.05 Å². The fourth-order valence-electron chi connectivity index (χ4n) is 2.56. The molecule has 1 N–H and O–H groups in total. The van der Waals surface area contributed by atoms with Gasteiger partial charge in [-0.3, -0.25) is 9.48 Å². The van der Waals surface area contributed by atoms with Crippen LogP contribution in [0.1, 0.15) is 17.8 Å². The molecule has 118 valence electrons. The van der Waals surface area contributed by atoms with Crippen molar-refractivity contribution in [3.63, 3.8) is 0 Å². The molecule has 1 saturated heterocycles. The Hall–Kier alpha value is -1.06. The minimum Gasteiger partial charge on any atom is -0.481 e. The van der Waals surface area contributed by atoms with Gasteiger partial charge in [0.15, 0.2) is 0 Å². The molecule has 21 heavy (non-hydrogen) atoms. The first-order chi connectivity index (χ1) is 9.75. The van der Waals surface area contributed by atoms with Crippen molar-refractivity contribution in [3.05, 3.63) is 11.4 Å². The number of hydrogen-bond donors (Lipinski definition) is 1. The molecule has 1 aromatic heterocycles. The average molecular weight is 333 g/mol. The van der Waals surface area contributed by atoms with Crippen molar-refractivity contribution >= 4 is 27.8 Å². The number of aryl methyl sites for hydroxylation is 2. The molecule has 0 radical (unpaired) electrons. The molecule has 1 aliphatic heterocycles. The summed E-state index contributed by atoms with van der Waals surface area (Å²) in [4.78, 5) is 11.2. The molecule has 2 heterocycles. The van der Waals surface area contributed by atoms with Crippen molar-refractivity contribution in [2.75, 3.05) is 18.1 Å². The molecular formula is C12H19N3O4S2. The molecule has 7 nitrogen and oxygen atoms in total. The first kappa shape index (κ1) is 16.3. The Balaban J connectivity index is 2.43. The summed E-state index contributed by atoms with van der Waals surface area (Å²) >= 11 is 1.58. The fourth-order valence-corrected chi connectivity index (χ4v) is 5.86. The van der Waals surface area contributed by atoms with Gasteiger partial charge in [-0.1, -0.05) is 0 Å². The Morgan fingerprint density at radius 3 is 2.67 bits per heavy atom. The number of sulfonamides is 1. The number of aromatic nitrogens is 2. The van der Waals surface area contributed by atoms with E-state index in [4.69, 9.17) is 5.11 Å². The molecule has 9 heteroatoms. The maximum atomic E-state index is 12.9. The van der Waals surface area contributed by atoms with Crippen molar-refractivity contribution in [1.82, 2.24) is 14.1 Å². The quantitative estimate of drug-likeness (QED) is 0.868. The zero-order valence-electron chi connectivity index (χ0n) is 12.2. The van der Waals surface area contributed by atoms with Gasteiger partial charge in [-0.2, -0.15) is 21.2 Å². The molecule has 1 atom stereocenters. The number of carboxylic acids is 1. The Morgan fingerprint density at radius 1 is 1.48 bits per heavy atom. The van der Waals surface area contributed by atoms with E-state index in [0.717, 1.165) is 0 Å². The monoisotopic (exact) mass is 333 g/mol. The Morgan fingerprint density at radius 2 is 2.14 bits per heavy atom. The van der Waals surface area contributed by atoms with Crippen molar-refractivity contribution < 1.29 is 18.3 Å². The minimum atomic E-state index is -3.72. The third kappa shape index (κ3) is 3.09. The summed E-state index contributed by atoms with van der Waals surface area (Å²) in [6.07, 6.45) is -0.176. The molecule has 1 fully saturated rings. The van der Waals surface area contributed by atoms with Gasteiger partial charge in [-0.05, 0) is 13.8 Å². The second-order valence-electron chi connectivity index (χ2n) is 5.07. The van der Waals surface area contributed by atoms with Crippen LogP contribution in [-0.4, -0.2) is 57.7 Å². The van der Waals surface area contributed by atoms with E-state index in [1.807, 2.05) is 0 Å². The van der Waals surface area contributed by atoms with Gasteiger partial charge in [-0.15, -0.1) is 0 Å². The minimum absolute atomic E-state index is 0.176. The number of carboxylic acid groups (broad SMARTS) is 1. The van der Waals surface area contributed by atoms with E-state index >= 15 is 0 Å². The summed E-state index contributed by atoms with van der Waals surface area (Å²) in [6, 6.07) is -0.509. The van der Waals surface area contributed by atoms with E-state index in [1.165, 1.54) is 8.99 Å². The number of hydrogen-bond acceptors (Lipinski definition) is 5. The van der Waals surface area contributed by atoms with Crippen molar-refractivity contribution in [1.29, 1.82) is 0 Å². The van der Waals surface area contributed by atoms with Crippen LogP contribution < -0.4 is 0 Å². The molecule has 0 amide bonds. The van der Waals surface area contributed by atoms with Crippen molar-refractivity contribution in [2.45, 2.75) is 31.2 Å². The lowest BCUT2D eigenvalue weighted by atomic mass is 10.2. The first-order valence-corrected chi connectivity index (χ1v) is 9.16. The highest BCUT2D eigenvalue weighted by atomic mass is 32.2. The molecule has 0 saturated carbocycles. The van der Waals surface area contributed by atoms with E-state index in [9.17, 15) is 13.2 Å². The van der Waals surface area contributed by atoms with E-state index in [1.54, 1.807) is 32.7 Å². The smallest absolute Gasteiger partial charge is 0.305 e. The van der Waals surface area contributed by atoms with E-state index in [0.29, 0.717) is 29.4 Å². The lowest BCUT2D eigenvalue weighted by molar-refractivity contribution is -0.137. The second-order valence-corrected chi connectivity index (χ2v) is 8.04. The van der Waals surface area contributed by atoms with Crippen molar-refractivity contribution in [3.8, 4) is 0 Å². The number of aliphatic carboxylic acids is 1. The van der Waals surface area contributed by atoms with Gasteiger partial charge < -0.3 is 5.11 Å². The van der Waals surface area contributed by atoms with Gasteiger partial charge in [0.05, 0.1) is 17.8 Å². The van der Waals surface area contributed by atoms with E-state index < -0.39 is 22.0 Å². The Kier molecular flexibility index (Phi) is 4.64. The molecule has 0 spiro atoms. The van der Waals surface area contributed by atoms with Crippen LogP contribution in [0.3, 0.4) is 0 Å². The van der Waals surface area contributed by atoms with Crippen LogP contribution in [-0.2, 0) is 21.9 Å². The third-order valence-electron chi connectivity index (χ3n) is 3.59. The summed E-state index contributed by atoms with van der Waals surface area (Å²) in [5, 5.41) is 13.1. The van der Waals surface area contributed by atoms with Crippen LogP contribution in [0.5, 0.6) is 0 Å². The van der Waals surface area contributed by atoms with Crippen LogP contribution in [0.4, 0.5) is 0 Å². The largest absolute Gasteiger partial charge is 0.481 e. The van der Waals surface area contributed by atoms with Crippen LogP contribution in [0.2, 0.25) is 0 Å². The predicted octanol–water partition coefficient (Wildman–Crippen LogP) is 0.618. The van der Waals surface area contributed by atoms with E-state index in [2.05, 4.69) is 5.10 Å². The summed E-state index contributed by atoms with van der Waals surface area (Å²) < 4.78 is 28.7. The normalized spacial score (nSPS) is 20.6. The zero-order valence-corrected chi connectivity index (χ0v) is 13.9. The number of thioether (sulfide) groups is 1.